The van der Waals surface area contributed by atoms with Gasteiger partial charge in [-0.3, -0.25) is 19.2 Å². The molecule has 0 bridgehead atoms. The van der Waals surface area contributed by atoms with Gasteiger partial charge in [-0.2, -0.15) is 0 Å². The molecule has 4 aromatic heterocycles. The molecule has 14 heteroatoms. The van der Waals surface area contributed by atoms with Gasteiger partial charge in [-0.1, -0.05) is 26.7 Å². The third kappa shape index (κ3) is 11.6. The minimum absolute atomic E-state index is 0.0356. The van der Waals surface area contributed by atoms with Crippen LogP contribution in [-0.4, -0.2) is 45.7 Å². The molecule has 2 N–H and O–H groups in total. The molecule has 2 atom stereocenters. The summed E-state index contributed by atoms with van der Waals surface area (Å²) in [5, 5.41) is 0. The van der Waals surface area contributed by atoms with Crippen molar-refractivity contribution in [2.75, 3.05) is 14.2 Å². The highest BCUT2D eigenvalue weighted by Crippen LogP contribution is 2.44. The summed E-state index contributed by atoms with van der Waals surface area (Å²) in [6.45, 7) is 4.17. The third-order valence-corrected chi connectivity index (χ3v) is 12.7. The van der Waals surface area contributed by atoms with Gasteiger partial charge in [0.25, 0.3) is 24.0 Å². The molecule has 0 amide bonds. The Hall–Kier alpha value is -5.14. The first-order chi connectivity index (χ1) is 28.9. The Morgan fingerprint density at radius 3 is 1.27 bits per heavy atom. The van der Waals surface area contributed by atoms with Crippen LogP contribution < -0.4 is 20.6 Å². The summed E-state index contributed by atoms with van der Waals surface area (Å²) in [5.41, 5.74) is -0.0860. The Morgan fingerprint density at radius 1 is 0.617 bits per heavy atom. The molecule has 4 heterocycles. The number of pyridine rings is 4. The Labute approximate surface area is 347 Å². The Kier molecular flexibility index (Phi) is 16.8. The maximum absolute atomic E-state index is 13.4. The highest BCUT2D eigenvalue weighted by Gasteiger charge is 2.33. The lowest BCUT2D eigenvalue weighted by Gasteiger charge is -2.34. The van der Waals surface area contributed by atoms with E-state index in [4.69, 9.17) is 9.47 Å². The number of hydrogen-bond acceptors (Lipinski definition) is 8. The monoisotopic (exact) mass is 836 g/mol. The van der Waals surface area contributed by atoms with Crippen molar-refractivity contribution in [1.82, 2.24) is 19.9 Å². The molecule has 0 aliphatic heterocycles. The fraction of sp³-hybridized carbons (Fsp3) is 0.522. The van der Waals surface area contributed by atoms with Gasteiger partial charge in [0.1, 0.15) is 0 Å². The van der Waals surface area contributed by atoms with Crippen molar-refractivity contribution < 1.29 is 36.6 Å². The van der Waals surface area contributed by atoms with Gasteiger partial charge >= 0.3 is 0 Å². The number of hydrogen-bond donors (Lipinski definition) is 2. The van der Waals surface area contributed by atoms with Gasteiger partial charge in [0.05, 0.1) is 25.3 Å². The molecule has 2 aliphatic carbocycles. The number of halogens is 4. The predicted octanol–water partition coefficient (Wildman–Crippen LogP) is 10.6. The number of aromatic nitrogens is 4. The molecular weight excluding hydrogens is 781 g/mol. The molecular formula is C46H56F4N4O6. The summed E-state index contributed by atoms with van der Waals surface area (Å²) >= 11 is 0. The number of carbonyl (C=O) groups excluding carboxylic acids is 2. The van der Waals surface area contributed by atoms with E-state index in [9.17, 15) is 36.7 Å². The molecule has 2 fully saturated rings. The standard InChI is InChI=1S/2C23H28F2N2O3/c2*1-3-14(12-19(28)17-8-9-20(30-2)27-13-17)15-4-6-16(7-5-15)18-10-11-26-23(29)21(18)22(24)25/h2*8-11,13-16,22H,3-7,12H2,1-2H3,(H,26,29)/t2*14-,15?,16?/m10/s1. The van der Waals surface area contributed by atoms with Crippen molar-refractivity contribution in [3.05, 3.63) is 115 Å². The number of ether oxygens (including phenoxy) is 2. The minimum Gasteiger partial charge on any atom is -0.481 e. The lowest BCUT2D eigenvalue weighted by molar-refractivity contribution is 0.0917. The van der Waals surface area contributed by atoms with Crippen molar-refractivity contribution in [2.45, 2.75) is 116 Å². The average molecular weight is 837 g/mol. The highest BCUT2D eigenvalue weighted by atomic mass is 19.3. The van der Waals surface area contributed by atoms with Crippen LogP contribution >= 0.6 is 0 Å². The maximum atomic E-state index is 13.4. The molecule has 10 nitrogen and oxygen atoms in total. The number of carbonyl (C=O) groups is 2. The van der Waals surface area contributed by atoms with Crippen LogP contribution in [0.3, 0.4) is 0 Å². The molecule has 0 unspecified atom stereocenters. The molecule has 2 saturated carbocycles. The van der Waals surface area contributed by atoms with Gasteiger partial charge < -0.3 is 19.4 Å². The van der Waals surface area contributed by atoms with Crippen LogP contribution in [0.25, 0.3) is 0 Å². The Morgan fingerprint density at radius 2 is 0.983 bits per heavy atom. The lowest BCUT2D eigenvalue weighted by atomic mass is 9.71. The van der Waals surface area contributed by atoms with E-state index in [1.54, 1.807) is 48.8 Å². The van der Waals surface area contributed by atoms with Gasteiger partial charge in [0, 0.05) is 60.9 Å². The molecule has 0 aromatic carbocycles. The van der Waals surface area contributed by atoms with Gasteiger partial charge in [0.15, 0.2) is 11.6 Å². The van der Waals surface area contributed by atoms with Crippen molar-refractivity contribution in [3.63, 3.8) is 0 Å². The van der Waals surface area contributed by atoms with E-state index in [2.05, 4.69) is 33.8 Å². The molecule has 0 spiro atoms. The fourth-order valence-corrected chi connectivity index (χ4v) is 9.31. The topological polar surface area (TPSA) is 144 Å². The van der Waals surface area contributed by atoms with Crippen LogP contribution in [0.2, 0.25) is 0 Å². The van der Waals surface area contributed by atoms with Crippen LogP contribution in [0.15, 0.2) is 70.8 Å². The first kappa shape index (κ1) is 45.9. The van der Waals surface area contributed by atoms with Gasteiger partial charge in [-0.25, -0.2) is 27.5 Å². The normalized spacial score (nSPS) is 20.2. The summed E-state index contributed by atoms with van der Waals surface area (Å²) in [6.07, 6.45) is 9.60. The van der Waals surface area contributed by atoms with E-state index in [0.29, 0.717) is 58.7 Å². The number of Topliss-reactive ketones (excluding diaryl/α,β-unsaturated/α-hetero) is 2. The van der Waals surface area contributed by atoms with E-state index >= 15 is 0 Å². The van der Waals surface area contributed by atoms with Crippen LogP contribution in [0.4, 0.5) is 17.6 Å². The summed E-state index contributed by atoms with van der Waals surface area (Å²) < 4.78 is 63.6. The lowest BCUT2D eigenvalue weighted by Crippen LogP contribution is -2.25. The van der Waals surface area contributed by atoms with E-state index < -0.39 is 35.1 Å². The number of rotatable bonds is 16. The second kappa shape index (κ2) is 21.9. The summed E-state index contributed by atoms with van der Waals surface area (Å²) in [5.74, 6) is 2.24. The molecule has 0 saturated heterocycles. The number of H-pyrrole nitrogens is 2. The molecule has 324 valence electrons. The van der Waals surface area contributed by atoms with Gasteiger partial charge in [0.2, 0.25) is 11.8 Å². The van der Waals surface area contributed by atoms with E-state index in [1.165, 1.54) is 26.6 Å². The molecule has 2 aliphatic rings. The molecule has 6 rings (SSSR count). The summed E-state index contributed by atoms with van der Waals surface area (Å²) in [7, 11) is 3.06. The fourth-order valence-electron chi connectivity index (χ4n) is 9.31. The summed E-state index contributed by atoms with van der Waals surface area (Å²) in [6, 6.07) is 10.1. The van der Waals surface area contributed by atoms with E-state index in [0.717, 1.165) is 64.2 Å². The largest absolute Gasteiger partial charge is 0.481 e. The second-order valence-corrected chi connectivity index (χ2v) is 15.9. The zero-order valence-electron chi connectivity index (χ0n) is 34.7. The van der Waals surface area contributed by atoms with Crippen molar-refractivity contribution in [1.29, 1.82) is 0 Å². The zero-order valence-corrected chi connectivity index (χ0v) is 34.7. The van der Waals surface area contributed by atoms with Gasteiger partial charge in [-0.05, 0) is 122 Å². The Bertz CT molecular complexity index is 1960. The number of aromatic amines is 2. The quantitative estimate of drug-likeness (QED) is 0.0838. The van der Waals surface area contributed by atoms with Crippen LogP contribution in [0.5, 0.6) is 11.8 Å². The first-order valence-electron chi connectivity index (χ1n) is 20.9. The third-order valence-electron chi connectivity index (χ3n) is 12.7. The maximum Gasteiger partial charge on any atom is 0.269 e. The second-order valence-electron chi connectivity index (χ2n) is 15.9. The average Bonchev–Trinajstić information content (AvgIpc) is 3.27. The first-order valence-corrected chi connectivity index (χ1v) is 20.9. The van der Waals surface area contributed by atoms with E-state index in [-0.39, 0.29) is 35.2 Å². The molecule has 4 aromatic rings. The zero-order chi connectivity index (χ0) is 43.3. The highest BCUT2D eigenvalue weighted by molar-refractivity contribution is 5.96. The number of ketones is 2. The number of alkyl halides is 4. The smallest absolute Gasteiger partial charge is 0.269 e. The minimum atomic E-state index is -2.78. The van der Waals surface area contributed by atoms with Crippen LogP contribution in [0.1, 0.15) is 159 Å². The SMILES string of the molecule is CC[C@@H](CC(=O)c1ccc(OC)nc1)C1CCC(c2cc[nH]c(=O)c2C(F)F)CC1.CC[C@H](CC(=O)c1ccc(OC)nc1)C1CCC(c2cc[nH]c(=O)c2C(F)F)CC1. The van der Waals surface area contributed by atoms with Gasteiger partial charge in [-0.15, -0.1) is 0 Å². The van der Waals surface area contributed by atoms with Crippen LogP contribution in [0, 0.1) is 23.7 Å². The Balaban J connectivity index is 0.000000228. The van der Waals surface area contributed by atoms with Crippen molar-refractivity contribution in [3.8, 4) is 11.8 Å². The van der Waals surface area contributed by atoms with Crippen LogP contribution in [-0.2, 0) is 0 Å². The number of nitrogens with one attached hydrogen (secondary N) is 2. The summed E-state index contributed by atoms with van der Waals surface area (Å²) in [4.78, 5) is 62.0. The van der Waals surface area contributed by atoms with Crippen molar-refractivity contribution in [2.24, 2.45) is 23.7 Å². The number of nitrogens with zero attached hydrogens (tertiary/aromatic N) is 2. The molecule has 0 radical (unpaired) electrons. The van der Waals surface area contributed by atoms with E-state index in [1.807, 2.05) is 0 Å². The predicted molar refractivity (Wildman–Crippen MR) is 220 cm³/mol. The van der Waals surface area contributed by atoms with Crippen molar-refractivity contribution >= 4 is 11.6 Å². The number of methoxy groups -OCH3 is 2. The molecule has 60 heavy (non-hydrogen) atoms.